The fourth-order valence-corrected chi connectivity index (χ4v) is 2.92. The molecule has 1 fully saturated rings. The van der Waals surface area contributed by atoms with Crippen LogP contribution in [0.5, 0.6) is 0 Å². The van der Waals surface area contributed by atoms with Crippen molar-refractivity contribution in [1.82, 2.24) is 5.32 Å². The van der Waals surface area contributed by atoms with E-state index in [1.807, 2.05) is 31.2 Å². The molecular weight excluding hydrogens is 290 g/mol. The number of halogens is 1. The molecule has 1 unspecified atom stereocenters. The Morgan fingerprint density at radius 3 is 2.72 bits per heavy atom. The largest absolute Gasteiger partial charge is 0.353 e. The molecule has 1 saturated carbocycles. The Hall–Kier alpha value is -0.830. The van der Waals surface area contributed by atoms with E-state index in [0.717, 1.165) is 22.9 Å². The maximum Gasteiger partial charge on any atom is 0.227 e. The fourth-order valence-electron chi connectivity index (χ4n) is 2.50. The molecule has 1 aromatic rings. The van der Waals surface area contributed by atoms with Gasteiger partial charge >= 0.3 is 0 Å². The molecule has 0 radical (unpaired) electrons. The topological polar surface area (TPSA) is 29.1 Å². The van der Waals surface area contributed by atoms with E-state index < -0.39 is 0 Å². The van der Waals surface area contributed by atoms with Crippen LogP contribution < -0.4 is 5.32 Å². The Labute approximate surface area is 117 Å². The summed E-state index contributed by atoms with van der Waals surface area (Å²) in [7, 11) is 0. The molecule has 1 amide bonds. The number of rotatable bonds is 3. The average Bonchev–Trinajstić information content (AvgIpc) is 2.39. The molecule has 2 rings (SSSR count). The quantitative estimate of drug-likeness (QED) is 0.898. The minimum atomic E-state index is -0.0792. The van der Waals surface area contributed by atoms with Gasteiger partial charge in [-0.05, 0) is 37.5 Å². The van der Waals surface area contributed by atoms with Gasteiger partial charge in [0, 0.05) is 10.5 Å². The predicted octanol–water partition coefficient (Wildman–Crippen LogP) is 4.00. The van der Waals surface area contributed by atoms with E-state index in [1.165, 1.54) is 19.3 Å². The van der Waals surface area contributed by atoms with Gasteiger partial charge in [0.1, 0.15) is 0 Å². The van der Waals surface area contributed by atoms with E-state index in [4.69, 9.17) is 0 Å². The number of hydrogen-bond donors (Lipinski definition) is 1. The Bertz CT molecular complexity index is 413. The standard InChI is InChI=1S/C15H20BrNO/c1-11(12-6-5-7-13(16)10-12)15(18)17-14-8-3-2-4-9-14/h5-7,10-11,14H,2-4,8-9H2,1H3,(H,17,18). The average molecular weight is 310 g/mol. The number of benzene rings is 1. The van der Waals surface area contributed by atoms with Crippen molar-refractivity contribution < 1.29 is 4.79 Å². The molecule has 1 atom stereocenters. The first-order chi connectivity index (χ1) is 8.66. The Morgan fingerprint density at radius 1 is 1.33 bits per heavy atom. The third kappa shape index (κ3) is 3.58. The molecule has 0 aromatic heterocycles. The number of nitrogens with one attached hydrogen (secondary N) is 1. The minimum Gasteiger partial charge on any atom is -0.353 e. The van der Waals surface area contributed by atoms with Crippen molar-refractivity contribution in [3.63, 3.8) is 0 Å². The maximum atomic E-state index is 12.2. The van der Waals surface area contributed by atoms with E-state index in [1.54, 1.807) is 0 Å². The molecule has 1 aliphatic carbocycles. The lowest BCUT2D eigenvalue weighted by molar-refractivity contribution is -0.123. The molecule has 18 heavy (non-hydrogen) atoms. The summed E-state index contributed by atoms with van der Waals surface area (Å²) in [5, 5.41) is 3.18. The summed E-state index contributed by atoms with van der Waals surface area (Å²) >= 11 is 3.45. The third-order valence-electron chi connectivity index (χ3n) is 3.69. The zero-order valence-electron chi connectivity index (χ0n) is 10.8. The highest BCUT2D eigenvalue weighted by atomic mass is 79.9. The van der Waals surface area contributed by atoms with E-state index in [9.17, 15) is 4.79 Å². The summed E-state index contributed by atoms with van der Waals surface area (Å²) in [6, 6.07) is 8.38. The van der Waals surface area contributed by atoms with E-state index in [0.29, 0.717) is 6.04 Å². The van der Waals surface area contributed by atoms with Crippen LogP contribution in [0.1, 0.15) is 50.5 Å². The first-order valence-electron chi connectivity index (χ1n) is 6.72. The van der Waals surface area contributed by atoms with Crippen molar-refractivity contribution in [2.24, 2.45) is 0 Å². The summed E-state index contributed by atoms with van der Waals surface area (Å²) in [6.45, 7) is 1.97. The van der Waals surface area contributed by atoms with Gasteiger partial charge in [-0.1, -0.05) is 47.3 Å². The summed E-state index contributed by atoms with van der Waals surface area (Å²) in [5.74, 6) is 0.0735. The summed E-state index contributed by atoms with van der Waals surface area (Å²) in [5.41, 5.74) is 1.07. The number of hydrogen-bond acceptors (Lipinski definition) is 1. The van der Waals surface area contributed by atoms with Crippen molar-refractivity contribution in [1.29, 1.82) is 0 Å². The highest BCUT2D eigenvalue weighted by molar-refractivity contribution is 9.10. The van der Waals surface area contributed by atoms with Crippen LogP contribution in [0.4, 0.5) is 0 Å². The van der Waals surface area contributed by atoms with Crippen LogP contribution in [0.2, 0.25) is 0 Å². The Kier molecular flexibility index (Phi) is 4.81. The molecular formula is C15H20BrNO. The second-order valence-electron chi connectivity index (χ2n) is 5.12. The second-order valence-corrected chi connectivity index (χ2v) is 6.04. The van der Waals surface area contributed by atoms with Gasteiger partial charge in [0.05, 0.1) is 5.92 Å². The molecule has 0 aliphatic heterocycles. The van der Waals surface area contributed by atoms with Crippen molar-refractivity contribution in [3.8, 4) is 0 Å². The van der Waals surface area contributed by atoms with Gasteiger partial charge in [0.15, 0.2) is 0 Å². The third-order valence-corrected chi connectivity index (χ3v) is 4.19. The predicted molar refractivity (Wildman–Crippen MR) is 77.6 cm³/mol. The van der Waals surface area contributed by atoms with Crippen molar-refractivity contribution in [2.45, 2.75) is 51.0 Å². The van der Waals surface area contributed by atoms with Gasteiger partial charge in [-0.15, -0.1) is 0 Å². The summed E-state index contributed by atoms with van der Waals surface area (Å²) in [6.07, 6.45) is 6.08. The molecule has 3 heteroatoms. The molecule has 0 spiro atoms. The lowest BCUT2D eigenvalue weighted by Crippen LogP contribution is -2.38. The molecule has 1 N–H and O–H groups in total. The van der Waals surface area contributed by atoms with E-state index in [-0.39, 0.29) is 11.8 Å². The van der Waals surface area contributed by atoms with Crippen LogP contribution in [-0.4, -0.2) is 11.9 Å². The zero-order valence-corrected chi connectivity index (χ0v) is 12.4. The summed E-state index contributed by atoms with van der Waals surface area (Å²) in [4.78, 5) is 12.2. The van der Waals surface area contributed by atoms with Crippen molar-refractivity contribution >= 4 is 21.8 Å². The second kappa shape index (κ2) is 6.37. The van der Waals surface area contributed by atoms with Crippen LogP contribution in [0.15, 0.2) is 28.7 Å². The minimum absolute atomic E-state index is 0.0792. The van der Waals surface area contributed by atoms with Crippen molar-refractivity contribution in [3.05, 3.63) is 34.3 Å². The highest BCUT2D eigenvalue weighted by Gasteiger charge is 2.20. The molecule has 98 valence electrons. The van der Waals surface area contributed by atoms with Crippen LogP contribution in [0, 0.1) is 0 Å². The Morgan fingerprint density at radius 2 is 2.06 bits per heavy atom. The molecule has 0 bridgehead atoms. The first-order valence-corrected chi connectivity index (χ1v) is 7.52. The number of amides is 1. The van der Waals surface area contributed by atoms with Gasteiger partial charge in [-0.2, -0.15) is 0 Å². The molecule has 1 aliphatic rings. The lowest BCUT2D eigenvalue weighted by Gasteiger charge is -2.24. The molecule has 1 aromatic carbocycles. The number of carbonyl (C=O) groups excluding carboxylic acids is 1. The van der Waals surface area contributed by atoms with Crippen LogP contribution in [-0.2, 0) is 4.79 Å². The van der Waals surface area contributed by atoms with E-state index >= 15 is 0 Å². The monoisotopic (exact) mass is 309 g/mol. The Balaban J connectivity index is 1.95. The van der Waals surface area contributed by atoms with E-state index in [2.05, 4.69) is 21.2 Å². The normalized spacial score (nSPS) is 18.3. The van der Waals surface area contributed by atoms with Crippen LogP contribution in [0.25, 0.3) is 0 Å². The molecule has 0 heterocycles. The van der Waals surface area contributed by atoms with Crippen LogP contribution in [0.3, 0.4) is 0 Å². The molecule has 0 saturated heterocycles. The smallest absolute Gasteiger partial charge is 0.227 e. The van der Waals surface area contributed by atoms with Gasteiger partial charge in [0.25, 0.3) is 0 Å². The lowest BCUT2D eigenvalue weighted by atomic mass is 9.94. The van der Waals surface area contributed by atoms with Gasteiger partial charge in [0.2, 0.25) is 5.91 Å². The summed E-state index contributed by atoms with van der Waals surface area (Å²) < 4.78 is 1.03. The van der Waals surface area contributed by atoms with Crippen molar-refractivity contribution in [2.75, 3.05) is 0 Å². The first kappa shape index (κ1) is 13.6. The van der Waals surface area contributed by atoms with Gasteiger partial charge < -0.3 is 5.32 Å². The SMILES string of the molecule is CC(C(=O)NC1CCCCC1)c1cccc(Br)c1. The maximum absolute atomic E-state index is 12.2. The fraction of sp³-hybridized carbons (Fsp3) is 0.533. The highest BCUT2D eigenvalue weighted by Crippen LogP contribution is 2.22. The van der Waals surface area contributed by atoms with Gasteiger partial charge in [-0.25, -0.2) is 0 Å². The van der Waals surface area contributed by atoms with Crippen LogP contribution >= 0.6 is 15.9 Å². The van der Waals surface area contributed by atoms with Gasteiger partial charge in [-0.3, -0.25) is 4.79 Å². The molecule has 2 nitrogen and oxygen atoms in total. The number of carbonyl (C=O) groups is 1. The zero-order chi connectivity index (χ0) is 13.0.